The second kappa shape index (κ2) is 5.42. The SMILES string of the molecule is CCn1cc(NC(=O)C2(C)Oc3ccc(C)cc3NC2=O)cn1. The molecule has 3 rings (SSSR count). The average molecular weight is 314 g/mol. The molecule has 120 valence electrons. The molecule has 2 amide bonds. The minimum absolute atomic E-state index is 0.470. The lowest BCUT2D eigenvalue weighted by molar-refractivity contribution is -0.143. The van der Waals surface area contributed by atoms with Gasteiger partial charge in [-0.1, -0.05) is 6.07 Å². The molecule has 1 aromatic carbocycles. The predicted octanol–water partition coefficient (Wildman–Crippen LogP) is 1.94. The number of carbonyl (C=O) groups is 2. The fourth-order valence-electron chi connectivity index (χ4n) is 2.34. The summed E-state index contributed by atoms with van der Waals surface area (Å²) in [6.07, 6.45) is 3.22. The van der Waals surface area contributed by atoms with Crippen molar-refractivity contribution in [3.63, 3.8) is 0 Å². The Morgan fingerprint density at radius 3 is 2.96 bits per heavy atom. The Morgan fingerprint density at radius 2 is 2.26 bits per heavy atom. The molecule has 2 heterocycles. The van der Waals surface area contributed by atoms with Gasteiger partial charge < -0.3 is 15.4 Å². The van der Waals surface area contributed by atoms with E-state index >= 15 is 0 Å². The minimum Gasteiger partial charge on any atom is -0.466 e. The molecule has 23 heavy (non-hydrogen) atoms. The van der Waals surface area contributed by atoms with Gasteiger partial charge in [0.15, 0.2) is 0 Å². The van der Waals surface area contributed by atoms with E-state index < -0.39 is 17.4 Å². The van der Waals surface area contributed by atoms with Crippen molar-refractivity contribution in [1.29, 1.82) is 0 Å². The number of aromatic nitrogens is 2. The standard InChI is InChI=1S/C16H18N4O3/c1-4-20-9-11(8-17-20)18-14(21)16(3)15(22)19-12-7-10(2)5-6-13(12)23-16/h5-9H,4H2,1-3H3,(H,18,21)(H,19,22). The van der Waals surface area contributed by atoms with Gasteiger partial charge in [-0.05, 0) is 38.5 Å². The largest absolute Gasteiger partial charge is 0.466 e. The smallest absolute Gasteiger partial charge is 0.278 e. The van der Waals surface area contributed by atoms with E-state index in [9.17, 15) is 9.59 Å². The molecular formula is C16H18N4O3. The maximum absolute atomic E-state index is 12.5. The molecule has 2 N–H and O–H groups in total. The van der Waals surface area contributed by atoms with Crippen LogP contribution in [0.1, 0.15) is 19.4 Å². The van der Waals surface area contributed by atoms with Crippen LogP contribution >= 0.6 is 0 Å². The number of anilines is 2. The second-order valence-electron chi connectivity index (χ2n) is 5.63. The Kier molecular flexibility index (Phi) is 3.55. The topological polar surface area (TPSA) is 85.3 Å². The molecule has 7 nitrogen and oxygen atoms in total. The van der Waals surface area contributed by atoms with Crippen molar-refractivity contribution in [3.8, 4) is 5.75 Å². The number of ether oxygens (including phenoxy) is 1. The number of hydrogen-bond donors (Lipinski definition) is 2. The van der Waals surface area contributed by atoms with Crippen LogP contribution < -0.4 is 15.4 Å². The third kappa shape index (κ3) is 2.65. The van der Waals surface area contributed by atoms with Crippen LogP contribution in [0.15, 0.2) is 30.6 Å². The fraction of sp³-hybridized carbons (Fsp3) is 0.312. The van der Waals surface area contributed by atoms with E-state index in [1.54, 1.807) is 23.0 Å². The number of benzene rings is 1. The monoisotopic (exact) mass is 314 g/mol. The van der Waals surface area contributed by atoms with Crippen LogP contribution in [0.5, 0.6) is 5.75 Å². The minimum atomic E-state index is -1.64. The summed E-state index contributed by atoms with van der Waals surface area (Å²) < 4.78 is 7.38. The van der Waals surface area contributed by atoms with Gasteiger partial charge in [-0.15, -0.1) is 0 Å². The van der Waals surface area contributed by atoms with E-state index in [4.69, 9.17) is 4.74 Å². The zero-order chi connectivity index (χ0) is 16.6. The van der Waals surface area contributed by atoms with Crippen molar-refractivity contribution in [2.75, 3.05) is 10.6 Å². The molecule has 1 aliphatic heterocycles. The number of aryl methyl sites for hydroxylation is 2. The van der Waals surface area contributed by atoms with Gasteiger partial charge in [-0.2, -0.15) is 5.10 Å². The zero-order valence-electron chi connectivity index (χ0n) is 13.2. The summed E-state index contributed by atoms with van der Waals surface area (Å²) in [7, 11) is 0. The van der Waals surface area contributed by atoms with Crippen LogP contribution in [0.4, 0.5) is 11.4 Å². The van der Waals surface area contributed by atoms with E-state index in [1.807, 2.05) is 19.9 Å². The van der Waals surface area contributed by atoms with Crippen molar-refractivity contribution in [2.45, 2.75) is 32.9 Å². The number of nitrogens with one attached hydrogen (secondary N) is 2. The van der Waals surface area contributed by atoms with E-state index in [2.05, 4.69) is 15.7 Å². The van der Waals surface area contributed by atoms with E-state index in [-0.39, 0.29) is 0 Å². The number of amides is 2. The highest BCUT2D eigenvalue weighted by molar-refractivity contribution is 6.18. The third-order valence-electron chi connectivity index (χ3n) is 3.78. The van der Waals surface area contributed by atoms with Gasteiger partial charge in [0.1, 0.15) is 5.75 Å². The summed E-state index contributed by atoms with van der Waals surface area (Å²) in [4.78, 5) is 24.9. The zero-order valence-corrected chi connectivity index (χ0v) is 13.2. The molecule has 0 aliphatic carbocycles. The highest BCUT2D eigenvalue weighted by Crippen LogP contribution is 2.34. The van der Waals surface area contributed by atoms with Gasteiger partial charge in [0.05, 0.1) is 17.6 Å². The van der Waals surface area contributed by atoms with Crippen LogP contribution in [-0.2, 0) is 16.1 Å². The van der Waals surface area contributed by atoms with Crippen LogP contribution in [0.3, 0.4) is 0 Å². The molecular weight excluding hydrogens is 296 g/mol. The van der Waals surface area contributed by atoms with Crippen molar-refractivity contribution in [1.82, 2.24) is 9.78 Å². The third-order valence-corrected chi connectivity index (χ3v) is 3.78. The first-order valence-electron chi connectivity index (χ1n) is 7.37. The van der Waals surface area contributed by atoms with Gasteiger partial charge >= 0.3 is 0 Å². The highest BCUT2D eigenvalue weighted by Gasteiger charge is 2.47. The summed E-state index contributed by atoms with van der Waals surface area (Å²) in [6.45, 7) is 6.00. The van der Waals surface area contributed by atoms with Crippen LogP contribution in [0.25, 0.3) is 0 Å². The number of carbonyl (C=O) groups excluding carboxylic acids is 2. The van der Waals surface area contributed by atoms with Crippen LogP contribution in [0, 0.1) is 6.92 Å². The number of hydrogen-bond acceptors (Lipinski definition) is 4. The van der Waals surface area contributed by atoms with Crippen molar-refractivity contribution in [3.05, 3.63) is 36.2 Å². The maximum Gasteiger partial charge on any atom is 0.278 e. The Bertz CT molecular complexity index is 783. The van der Waals surface area contributed by atoms with Gasteiger partial charge in [0.2, 0.25) is 0 Å². The lowest BCUT2D eigenvalue weighted by Crippen LogP contribution is -2.56. The molecule has 1 aliphatic rings. The molecule has 0 bridgehead atoms. The Hall–Kier alpha value is -2.83. The van der Waals surface area contributed by atoms with Gasteiger partial charge in [0.25, 0.3) is 17.4 Å². The molecule has 0 saturated heterocycles. The average Bonchev–Trinajstić information content (AvgIpc) is 2.96. The summed E-state index contributed by atoms with van der Waals surface area (Å²) >= 11 is 0. The van der Waals surface area contributed by atoms with Crippen molar-refractivity contribution >= 4 is 23.2 Å². The van der Waals surface area contributed by atoms with E-state index in [0.29, 0.717) is 23.7 Å². The highest BCUT2D eigenvalue weighted by atomic mass is 16.5. The molecule has 1 unspecified atom stereocenters. The molecule has 2 aromatic rings. The number of rotatable bonds is 3. The van der Waals surface area contributed by atoms with Crippen molar-refractivity contribution in [2.24, 2.45) is 0 Å². The van der Waals surface area contributed by atoms with Crippen LogP contribution in [-0.4, -0.2) is 27.2 Å². The van der Waals surface area contributed by atoms with Gasteiger partial charge in [-0.25, -0.2) is 0 Å². The fourth-order valence-corrected chi connectivity index (χ4v) is 2.34. The molecule has 1 atom stereocenters. The first-order valence-corrected chi connectivity index (χ1v) is 7.37. The number of nitrogens with zero attached hydrogens (tertiary/aromatic N) is 2. The number of fused-ring (bicyclic) bond motifs is 1. The summed E-state index contributed by atoms with van der Waals surface area (Å²) in [5.41, 5.74) is 0.437. The van der Waals surface area contributed by atoms with E-state index in [0.717, 1.165) is 5.56 Å². The molecule has 7 heteroatoms. The lowest BCUT2D eigenvalue weighted by Gasteiger charge is -2.33. The van der Waals surface area contributed by atoms with Crippen molar-refractivity contribution < 1.29 is 14.3 Å². The summed E-state index contributed by atoms with van der Waals surface area (Å²) in [6, 6.07) is 5.40. The lowest BCUT2D eigenvalue weighted by atomic mass is 10.0. The molecule has 0 fully saturated rings. The maximum atomic E-state index is 12.5. The van der Waals surface area contributed by atoms with E-state index in [1.165, 1.54) is 13.1 Å². The normalized spacial score (nSPS) is 19.5. The predicted molar refractivity (Wildman–Crippen MR) is 85.4 cm³/mol. The first kappa shape index (κ1) is 15.1. The Balaban J connectivity index is 1.84. The van der Waals surface area contributed by atoms with Gasteiger partial charge in [-0.3, -0.25) is 14.3 Å². The molecule has 0 spiro atoms. The molecule has 0 saturated carbocycles. The summed E-state index contributed by atoms with van der Waals surface area (Å²) in [5, 5.41) is 9.48. The van der Waals surface area contributed by atoms with Gasteiger partial charge in [0, 0.05) is 12.7 Å². The Labute approximate surface area is 133 Å². The molecule has 0 radical (unpaired) electrons. The summed E-state index contributed by atoms with van der Waals surface area (Å²) in [5.74, 6) is -0.579. The Morgan fingerprint density at radius 1 is 1.48 bits per heavy atom. The quantitative estimate of drug-likeness (QED) is 0.848. The molecule has 1 aromatic heterocycles. The first-order chi connectivity index (χ1) is 10.9. The second-order valence-corrected chi connectivity index (χ2v) is 5.63. The van der Waals surface area contributed by atoms with Crippen LogP contribution in [0.2, 0.25) is 0 Å².